The molecule has 6 rings (SSSR count). The number of imidazole rings is 1. The standard InChI is InChI=1S/C25H21F3N8O/c1-35-12-17(25(26,27)28)32-23(35)16-5-3-14(4-6-16)11-19-29-10-9-18-33-22(34-36(18)19)20-21(15-7-8-15)30-13-31-24(20)37-2/h3-6,9-10,12-13,15H,7-8,11H2,1-2H3. The lowest BCUT2D eigenvalue weighted by atomic mass is 10.1. The molecule has 188 valence electrons. The number of nitrogens with zero attached hydrogens (tertiary/aromatic N) is 8. The van der Waals surface area contributed by atoms with E-state index in [1.807, 2.05) is 12.1 Å². The molecule has 0 unspecified atom stereocenters. The molecule has 0 aliphatic heterocycles. The van der Waals surface area contributed by atoms with Gasteiger partial charge in [-0.15, -0.1) is 5.10 Å². The van der Waals surface area contributed by atoms with Gasteiger partial charge in [0.2, 0.25) is 5.88 Å². The summed E-state index contributed by atoms with van der Waals surface area (Å²) in [6.45, 7) is 0. The van der Waals surface area contributed by atoms with Crippen LogP contribution >= 0.6 is 0 Å². The van der Waals surface area contributed by atoms with Crippen LogP contribution in [-0.4, -0.2) is 46.2 Å². The average Bonchev–Trinajstić information content (AvgIpc) is 3.51. The molecule has 37 heavy (non-hydrogen) atoms. The van der Waals surface area contributed by atoms with Gasteiger partial charge < -0.3 is 9.30 Å². The first-order valence-electron chi connectivity index (χ1n) is 11.6. The Kier molecular flexibility index (Phi) is 5.39. The summed E-state index contributed by atoms with van der Waals surface area (Å²) >= 11 is 0. The molecule has 0 saturated heterocycles. The van der Waals surface area contributed by atoms with Gasteiger partial charge in [-0.3, -0.25) is 0 Å². The highest BCUT2D eigenvalue weighted by molar-refractivity contribution is 5.67. The number of aryl methyl sites for hydroxylation is 1. The summed E-state index contributed by atoms with van der Waals surface area (Å²) in [4.78, 5) is 21.7. The van der Waals surface area contributed by atoms with Gasteiger partial charge >= 0.3 is 6.18 Å². The van der Waals surface area contributed by atoms with Crippen molar-refractivity contribution in [2.45, 2.75) is 31.4 Å². The van der Waals surface area contributed by atoms with E-state index in [0.29, 0.717) is 46.6 Å². The Bertz CT molecular complexity index is 1600. The second kappa shape index (κ2) is 8.64. The summed E-state index contributed by atoms with van der Waals surface area (Å²) in [6, 6.07) is 8.96. The molecule has 9 nitrogen and oxygen atoms in total. The summed E-state index contributed by atoms with van der Waals surface area (Å²) in [5.41, 5.74) is 2.77. The van der Waals surface area contributed by atoms with Crippen molar-refractivity contribution in [3.8, 4) is 28.7 Å². The highest BCUT2D eigenvalue weighted by atomic mass is 19.4. The lowest BCUT2D eigenvalue weighted by Gasteiger charge is -2.08. The molecule has 5 aromatic rings. The van der Waals surface area contributed by atoms with E-state index in [-0.39, 0.29) is 5.82 Å². The van der Waals surface area contributed by atoms with E-state index < -0.39 is 11.9 Å². The van der Waals surface area contributed by atoms with Crippen molar-refractivity contribution in [1.82, 2.24) is 39.1 Å². The Balaban J connectivity index is 1.32. The van der Waals surface area contributed by atoms with Crippen LogP contribution in [0.4, 0.5) is 13.2 Å². The minimum absolute atomic E-state index is 0.241. The summed E-state index contributed by atoms with van der Waals surface area (Å²) < 4.78 is 47.7. The van der Waals surface area contributed by atoms with E-state index >= 15 is 0 Å². The van der Waals surface area contributed by atoms with Crippen molar-refractivity contribution in [3.63, 3.8) is 0 Å². The smallest absolute Gasteiger partial charge is 0.434 e. The van der Waals surface area contributed by atoms with Crippen LogP contribution in [0.25, 0.3) is 28.4 Å². The number of fused-ring (bicyclic) bond motifs is 1. The van der Waals surface area contributed by atoms with Crippen molar-refractivity contribution in [3.05, 3.63) is 71.8 Å². The molecule has 1 aliphatic carbocycles. The van der Waals surface area contributed by atoms with E-state index in [2.05, 4.69) is 19.9 Å². The lowest BCUT2D eigenvalue weighted by Crippen LogP contribution is -2.05. The fraction of sp³-hybridized carbons (Fsp3) is 0.280. The Morgan fingerprint density at radius 1 is 1.03 bits per heavy atom. The quantitative estimate of drug-likeness (QED) is 0.335. The summed E-state index contributed by atoms with van der Waals surface area (Å²) in [6.07, 6.45) is 2.21. The minimum atomic E-state index is -4.49. The molecular formula is C25H21F3N8O. The van der Waals surface area contributed by atoms with E-state index in [1.54, 1.807) is 43.1 Å². The van der Waals surface area contributed by atoms with Crippen LogP contribution in [0.3, 0.4) is 0 Å². The first-order valence-corrected chi connectivity index (χ1v) is 11.6. The number of hydrogen-bond donors (Lipinski definition) is 0. The molecule has 0 spiro atoms. The predicted molar refractivity (Wildman–Crippen MR) is 127 cm³/mol. The van der Waals surface area contributed by atoms with Crippen LogP contribution in [0.5, 0.6) is 5.88 Å². The van der Waals surface area contributed by atoms with Crippen molar-refractivity contribution < 1.29 is 17.9 Å². The molecule has 1 saturated carbocycles. The van der Waals surface area contributed by atoms with Gasteiger partial charge in [-0.25, -0.2) is 24.9 Å². The fourth-order valence-corrected chi connectivity index (χ4v) is 4.33. The number of benzene rings is 1. The maximum atomic E-state index is 13.0. The third kappa shape index (κ3) is 4.28. The van der Waals surface area contributed by atoms with Crippen LogP contribution in [0.15, 0.2) is 49.1 Å². The molecule has 0 atom stereocenters. The van der Waals surface area contributed by atoms with Gasteiger partial charge in [0.15, 0.2) is 17.2 Å². The summed E-state index contributed by atoms with van der Waals surface area (Å²) in [7, 11) is 3.10. The van der Waals surface area contributed by atoms with Crippen molar-refractivity contribution in [1.29, 1.82) is 0 Å². The van der Waals surface area contributed by atoms with Crippen molar-refractivity contribution in [2.24, 2.45) is 7.05 Å². The van der Waals surface area contributed by atoms with E-state index in [1.165, 1.54) is 10.9 Å². The zero-order valence-corrected chi connectivity index (χ0v) is 19.9. The van der Waals surface area contributed by atoms with E-state index in [0.717, 1.165) is 30.3 Å². The Labute approximate surface area is 209 Å². The van der Waals surface area contributed by atoms with Gasteiger partial charge in [0.25, 0.3) is 0 Å². The van der Waals surface area contributed by atoms with Gasteiger partial charge in [-0.2, -0.15) is 17.7 Å². The number of ether oxygens (including phenoxy) is 1. The van der Waals surface area contributed by atoms with Crippen LogP contribution in [-0.2, 0) is 19.6 Å². The highest BCUT2D eigenvalue weighted by Crippen LogP contribution is 2.44. The molecule has 4 aromatic heterocycles. The van der Waals surface area contributed by atoms with Crippen molar-refractivity contribution >= 4 is 5.65 Å². The molecule has 0 amide bonds. The van der Waals surface area contributed by atoms with Crippen LogP contribution < -0.4 is 4.74 Å². The molecule has 1 aromatic carbocycles. The molecule has 0 radical (unpaired) electrons. The van der Waals surface area contributed by atoms with Crippen molar-refractivity contribution in [2.75, 3.05) is 7.11 Å². The van der Waals surface area contributed by atoms with Gasteiger partial charge in [-0.1, -0.05) is 24.3 Å². The second-order valence-corrected chi connectivity index (χ2v) is 8.92. The highest BCUT2D eigenvalue weighted by Gasteiger charge is 2.34. The molecule has 12 heteroatoms. The summed E-state index contributed by atoms with van der Waals surface area (Å²) in [5, 5.41) is 4.72. The second-order valence-electron chi connectivity index (χ2n) is 8.92. The Morgan fingerprint density at radius 3 is 2.49 bits per heavy atom. The SMILES string of the molecule is COc1ncnc(C2CC2)c1-c1nc2ccnc(Cc3ccc(-c4nc(C(F)(F)F)cn4C)cc3)n2n1. The van der Waals surface area contributed by atoms with Gasteiger partial charge in [0.1, 0.15) is 23.5 Å². The third-order valence-electron chi connectivity index (χ3n) is 6.29. The number of alkyl halides is 3. The monoisotopic (exact) mass is 506 g/mol. The lowest BCUT2D eigenvalue weighted by molar-refractivity contribution is -0.140. The maximum absolute atomic E-state index is 13.0. The number of rotatable bonds is 6. The van der Waals surface area contributed by atoms with Crippen LogP contribution in [0.2, 0.25) is 0 Å². The fourth-order valence-electron chi connectivity index (χ4n) is 4.33. The van der Waals surface area contributed by atoms with E-state index in [4.69, 9.17) is 14.8 Å². The average molecular weight is 506 g/mol. The molecule has 4 heterocycles. The molecule has 0 bridgehead atoms. The first kappa shape index (κ1) is 23.1. The largest absolute Gasteiger partial charge is 0.480 e. The Morgan fingerprint density at radius 2 is 1.81 bits per heavy atom. The minimum Gasteiger partial charge on any atom is -0.480 e. The number of aromatic nitrogens is 8. The zero-order chi connectivity index (χ0) is 25.7. The number of halogens is 3. The zero-order valence-electron chi connectivity index (χ0n) is 19.9. The Hall–Kier alpha value is -4.35. The molecule has 1 fully saturated rings. The maximum Gasteiger partial charge on any atom is 0.434 e. The number of hydrogen-bond acceptors (Lipinski definition) is 7. The van der Waals surface area contributed by atoms with Crippen LogP contribution in [0, 0.1) is 0 Å². The predicted octanol–water partition coefficient (Wildman–Crippen LogP) is 4.48. The number of methoxy groups -OCH3 is 1. The molecular weight excluding hydrogens is 485 g/mol. The topological polar surface area (TPSA) is 95.9 Å². The van der Waals surface area contributed by atoms with Gasteiger partial charge in [-0.05, 0) is 18.4 Å². The summed E-state index contributed by atoms with van der Waals surface area (Å²) in [5.74, 6) is 2.15. The third-order valence-corrected chi connectivity index (χ3v) is 6.29. The molecule has 1 aliphatic rings. The van der Waals surface area contributed by atoms with Gasteiger partial charge in [0, 0.05) is 43.4 Å². The normalized spacial score (nSPS) is 13.9. The first-order chi connectivity index (χ1) is 17.8. The van der Waals surface area contributed by atoms with Crippen LogP contribution in [0.1, 0.15) is 41.5 Å². The van der Waals surface area contributed by atoms with Gasteiger partial charge in [0.05, 0.1) is 12.8 Å². The molecule has 0 N–H and O–H groups in total. The van der Waals surface area contributed by atoms with E-state index in [9.17, 15) is 13.2 Å².